The fourth-order valence-corrected chi connectivity index (χ4v) is 6.24. The first-order valence-electron chi connectivity index (χ1n) is 11.9. The molecule has 3 atom stereocenters. The van der Waals surface area contributed by atoms with Gasteiger partial charge >= 0.3 is 5.97 Å². The molecule has 0 saturated heterocycles. The normalized spacial score (nSPS) is 21.2. The average Bonchev–Trinajstić information content (AvgIpc) is 3.58. The lowest BCUT2D eigenvalue weighted by molar-refractivity contribution is -0.117. The maximum absolute atomic E-state index is 13.1. The third kappa shape index (κ3) is 4.60. The van der Waals surface area contributed by atoms with Crippen LogP contribution in [0.1, 0.15) is 69.9 Å². The van der Waals surface area contributed by atoms with Gasteiger partial charge in [-0.1, -0.05) is 67.6 Å². The number of fused-ring (bicyclic) bond motifs is 1. The topological polar surface area (TPSA) is 55.4 Å². The van der Waals surface area contributed by atoms with Gasteiger partial charge in [0.25, 0.3) is 0 Å². The molecule has 1 amide bonds. The van der Waals surface area contributed by atoms with Gasteiger partial charge in [-0.2, -0.15) is 0 Å². The van der Waals surface area contributed by atoms with E-state index in [0.717, 1.165) is 37.7 Å². The molecular formula is C28H29NO3S. The molecule has 0 bridgehead atoms. The molecule has 5 rings (SSSR count). The third-order valence-corrected chi connectivity index (χ3v) is 7.94. The number of rotatable bonds is 7. The highest BCUT2D eigenvalue weighted by Gasteiger charge is 2.44. The number of thiophene rings is 1. The molecule has 1 aromatic heterocycles. The molecule has 5 heteroatoms. The molecule has 1 N–H and O–H groups in total. The zero-order chi connectivity index (χ0) is 22.8. The Kier molecular flexibility index (Phi) is 6.32. The molecule has 2 aliphatic carbocycles. The van der Waals surface area contributed by atoms with Crippen molar-refractivity contribution in [3.63, 3.8) is 0 Å². The van der Waals surface area contributed by atoms with Crippen molar-refractivity contribution < 1.29 is 14.3 Å². The number of amides is 1. The van der Waals surface area contributed by atoms with Gasteiger partial charge in [0, 0.05) is 10.8 Å². The lowest BCUT2D eigenvalue weighted by Crippen LogP contribution is -2.18. The van der Waals surface area contributed by atoms with Gasteiger partial charge in [0.15, 0.2) is 0 Å². The Labute approximate surface area is 199 Å². The molecule has 170 valence electrons. The van der Waals surface area contributed by atoms with Crippen LogP contribution in [-0.2, 0) is 22.4 Å². The first-order chi connectivity index (χ1) is 16.2. The predicted octanol–water partition coefficient (Wildman–Crippen LogP) is 6.33. The SMILES string of the molecule is CCCOC(=O)c1c(NC(=O)[C@H]2C[C@H]2c2ccccc2)sc2c1CC[C@@H](c1ccccc1)C2. The largest absolute Gasteiger partial charge is 0.462 e. The van der Waals surface area contributed by atoms with Gasteiger partial charge in [-0.25, -0.2) is 4.79 Å². The Morgan fingerprint density at radius 2 is 1.73 bits per heavy atom. The van der Waals surface area contributed by atoms with E-state index in [2.05, 4.69) is 41.7 Å². The Bertz CT molecular complexity index is 1140. The number of carbonyl (C=O) groups is 2. The van der Waals surface area contributed by atoms with Crippen LogP contribution in [0, 0.1) is 5.92 Å². The number of carbonyl (C=O) groups excluding carboxylic acids is 2. The summed E-state index contributed by atoms with van der Waals surface area (Å²) in [7, 11) is 0. The number of esters is 1. The van der Waals surface area contributed by atoms with Crippen molar-refractivity contribution >= 4 is 28.2 Å². The van der Waals surface area contributed by atoms with E-state index in [4.69, 9.17) is 4.74 Å². The first-order valence-corrected chi connectivity index (χ1v) is 12.7. The van der Waals surface area contributed by atoms with Crippen LogP contribution in [0.2, 0.25) is 0 Å². The smallest absolute Gasteiger partial charge is 0.341 e. The van der Waals surface area contributed by atoms with Gasteiger partial charge < -0.3 is 10.1 Å². The molecular weight excluding hydrogens is 430 g/mol. The van der Waals surface area contributed by atoms with E-state index >= 15 is 0 Å². The second kappa shape index (κ2) is 9.52. The Morgan fingerprint density at radius 3 is 2.42 bits per heavy atom. The standard InChI is InChI=1S/C28H29NO3S/c1-2-15-32-28(31)25-21-14-13-20(18-9-5-3-6-10-18)16-24(21)33-27(25)29-26(30)23-17-22(23)19-11-7-4-8-12-19/h3-12,20,22-23H,2,13-17H2,1H3,(H,29,30)/t20-,22+,23+/m1/s1. The minimum atomic E-state index is -0.307. The molecule has 1 saturated carbocycles. The van der Waals surface area contributed by atoms with E-state index in [1.165, 1.54) is 16.0 Å². The summed E-state index contributed by atoms with van der Waals surface area (Å²) in [5, 5.41) is 3.79. The average molecular weight is 460 g/mol. The third-order valence-electron chi connectivity index (χ3n) is 6.77. The van der Waals surface area contributed by atoms with Crippen molar-refractivity contribution in [2.45, 2.75) is 50.9 Å². The van der Waals surface area contributed by atoms with Crippen LogP contribution in [0.4, 0.5) is 5.00 Å². The molecule has 0 radical (unpaired) electrons. The maximum atomic E-state index is 13.1. The summed E-state index contributed by atoms with van der Waals surface area (Å²) in [6, 6.07) is 20.7. The van der Waals surface area contributed by atoms with Crippen LogP contribution in [0.25, 0.3) is 0 Å². The van der Waals surface area contributed by atoms with Gasteiger partial charge in [0.1, 0.15) is 5.00 Å². The maximum Gasteiger partial charge on any atom is 0.341 e. The minimum absolute atomic E-state index is 0.00611. The molecule has 33 heavy (non-hydrogen) atoms. The van der Waals surface area contributed by atoms with E-state index in [9.17, 15) is 9.59 Å². The highest BCUT2D eigenvalue weighted by atomic mass is 32.1. The number of benzene rings is 2. The molecule has 2 aromatic carbocycles. The van der Waals surface area contributed by atoms with Gasteiger partial charge in [-0.3, -0.25) is 4.79 Å². The van der Waals surface area contributed by atoms with Gasteiger partial charge in [-0.15, -0.1) is 11.3 Å². The zero-order valence-electron chi connectivity index (χ0n) is 18.9. The minimum Gasteiger partial charge on any atom is -0.462 e. The molecule has 3 aromatic rings. The van der Waals surface area contributed by atoms with Crippen LogP contribution >= 0.6 is 11.3 Å². The quantitative estimate of drug-likeness (QED) is 0.420. The van der Waals surface area contributed by atoms with Crippen molar-refractivity contribution in [3.05, 3.63) is 87.8 Å². The van der Waals surface area contributed by atoms with E-state index in [1.807, 2.05) is 31.2 Å². The first kappa shape index (κ1) is 21.9. The van der Waals surface area contributed by atoms with E-state index in [-0.39, 0.29) is 23.7 Å². The van der Waals surface area contributed by atoms with Gasteiger partial charge in [0.2, 0.25) is 5.91 Å². The van der Waals surface area contributed by atoms with Crippen LogP contribution in [-0.4, -0.2) is 18.5 Å². The second-order valence-corrected chi connectivity index (χ2v) is 10.1. The fraction of sp³-hybridized carbons (Fsp3) is 0.357. The van der Waals surface area contributed by atoms with E-state index in [1.54, 1.807) is 11.3 Å². The monoisotopic (exact) mass is 459 g/mol. The number of ether oxygens (including phenoxy) is 1. The summed E-state index contributed by atoms with van der Waals surface area (Å²) in [5.41, 5.74) is 4.19. The number of hydrogen-bond donors (Lipinski definition) is 1. The molecule has 2 aliphatic rings. The highest BCUT2D eigenvalue weighted by molar-refractivity contribution is 7.17. The highest BCUT2D eigenvalue weighted by Crippen LogP contribution is 2.49. The number of anilines is 1. The summed E-state index contributed by atoms with van der Waals surface area (Å²) >= 11 is 1.56. The lowest BCUT2D eigenvalue weighted by atomic mass is 9.83. The van der Waals surface area contributed by atoms with Crippen molar-refractivity contribution in [2.75, 3.05) is 11.9 Å². The molecule has 4 nitrogen and oxygen atoms in total. The van der Waals surface area contributed by atoms with Crippen LogP contribution in [0.5, 0.6) is 0 Å². The molecule has 0 spiro atoms. The summed E-state index contributed by atoms with van der Waals surface area (Å²) in [4.78, 5) is 27.3. The van der Waals surface area contributed by atoms with Crippen LogP contribution in [0.15, 0.2) is 60.7 Å². The van der Waals surface area contributed by atoms with Crippen molar-refractivity contribution in [3.8, 4) is 0 Å². The van der Waals surface area contributed by atoms with E-state index in [0.29, 0.717) is 23.1 Å². The second-order valence-electron chi connectivity index (χ2n) is 9.04. The Morgan fingerprint density at radius 1 is 1.03 bits per heavy atom. The van der Waals surface area contributed by atoms with Crippen LogP contribution in [0.3, 0.4) is 0 Å². The van der Waals surface area contributed by atoms with Crippen molar-refractivity contribution in [1.29, 1.82) is 0 Å². The van der Waals surface area contributed by atoms with Gasteiger partial charge in [-0.05, 0) is 60.6 Å². The summed E-state index contributed by atoms with van der Waals surface area (Å²) < 4.78 is 5.52. The summed E-state index contributed by atoms with van der Waals surface area (Å²) in [6.45, 7) is 2.38. The summed E-state index contributed by atoms with van der Waals surface area (Å²) in [5.74, 6) is 0.359. The lowest BCUT2D eigenvalue weighted by Gasteiger charge is -2.23. The number of nitrogens with one attached hydrogen (secondary N) is 1. The van der Waals surface area contributed by atoms with Crippen molar-refractivity contribution in [2.24, 2.45) is 5.92 Å². The number of hydrogen-bond acceptors (Lipinski definition) is 4. The molecule has 0 unspecified atom stereocenters. The van der Waals surface area contributed by atoms with Crippen LogP contribution < -0.4 is 5.32 Å². The summed E-state index contributed by atoms with van der Waals surface area (Å²) in [6.07, 6.45) is 4.34. The molecule has 0 aliphatic heterocycles. The Balaban J connectivity index is 1.38. The molecule has 1 fully saturated rings. The fourth-order valence-electron chi connectivity index (χ4n) is 4.92. The van der Waals surface area contributed by atoms with E-state index < -0.39 is 0 Å². The Hall–Kier alpha value is -2.92. The molecule has 1 heterocycles. The van der Waals surface area contributed by atoms with Gasteiger partial charge in [0.05, 0.1) is 12.2 Å². The van der Waals surface area contributed by atoms with Crippen molar-refractivity contribution in [1.82, 2.24) is 0 Å². The predicted molar refractivity (Wildman–Crippen MR) is 132 cm³/mol. The zero-order valence-corrected chi connectivity index (χ0v) is 19.7.